The molecule has 0 fully saturated rings. The van der Waals surface area contributed by atoms with E-state index in [0.717, 1.165) is 52.9 Å². The quantitative estimate of drug-likeness (QED) is 0.240. The maximum atomic E-state index is 12.4. The number of aromatic nitrogens is 2. The second kappa shape index (κ2) is 11.8. The summed E-state index contributed by atoms with van der Waals surface area (Å²) in [5, 5.41) is 3.01. The number of hydrogen-bond acceptors (Lipinski definition) is 3. The lowest BCUT2D eigenvalue weighted by Gasteiger charge is -2.11. The fourth-order valence-corrected chi connectivity index (χ4v) is 4.20. The van der Waals surface area contributed by atoms with Gasteiger partial charge in [0.25, 0.3) is 5.91 Å². The van der Waals surface area contributed by atoms with E-state index in [1.807, 2.05) is 54.6 Å². The number of halogens is 1. The summed E-state index contributed by atoms with van der Waals surface area (Å²) >= 11 is 3.40. The lowest BCUT2D eigenvalue weighted by Crippen LogP contribution is -2.26. The second-order valence-electron chi connectivity index (χ2n) is 8.23. The number of ether oxygens (including phenoxy) is 1. The predicted molar refractivity (Wildman–Crippen MR) is 140 cm³/mol. The SMILES string of the molecule is CCc1ccc(OCCCCn2c(CCNC(=O)c3ccc(Br)cc3)nc3ccccc32)cc1. The number of aryl methyl sites for hydroxylation is 2. The number of benzene rings is 3. The van der Waals surface area contributed by atoms with Crippen molar-refractivity contribution in [2.45, 2.75) is 39.2 Å². The van der Waals surface area contributed by atoms with Gasteiger partial charge in [0.05, 0.1) is 17.6 Å². The van der Waals surface area contributed by atoms with E-state index < -0.39 is 0 Å². The molecule has 1 heterocycles. The van der Waals surface area contributed by atoms with Crippen molar-refractivity contribution >= 4 is 32.9 Å². The van der Waals surface area contributed by atoms with Crippen LogP contribution in [-0.2, 0) is 19.4 Å². The summed E-state index contributed by atoms with van der Waals surface area (Å²) in [7, 11) is 0. The minimum Gasteiger partial charge on any atom is -0.494 e. The molecule has 0 atom stereocenters. The van der Waals surface area contributed by atoms with Crippen molar-refractivity contribution in [3.63, 3.8) is 0 Å². The largest absolute Gasteiger partial charge is 0.494 e. The highest BCUT2D eigenvalue weighted by molar-refractivity contribution is 9.10. The highest BCUT2D eigenvalue weighted by Crippen LogP contribution is 2.18. The van der Waals surface area contributed by atoms with E-state index >= 15 is 0 Å². The Morgan fingerprint density at radius 3 is 2.53 bits per heavy atom. The third-order valence-corrected chi connectivity index (χ3v) is 6.38. The molecule has 5 nitrogen and oxygen atoms in total. The van der Waals surface area contributed by atoms with Gasteiger partial charge in [-0.25, -0.2) is 4.98 Å². The lowest BCUT2D eigenvalue weighted by molar-refractivity contribution is 0.0954. The summed E-state index contributed by atoms with van der Waals surface area (Å²) in [6, 6.07) is 23.9. The summed E-state index contributed by atoms with van der Waals surface area (Å²) in [5.74, 6) is 1.85. The van der Waals surface area contributed by atoms with Gasteiger partial charge in [-0.05, 0) is 73.4 Å². The van der Waals surface area contributed by atoms with Crippen molar-refractivity contribution in [3.8, 4) is 5.75 Å². The van der Waals surface area contributed by atoms with Crippen LogP contribution in [0.25, 0.3) is 11.0 Å². The number of carbonyl (C=O) groups excluding carboxylic acids is 1. The first-order valence-electron chi connectivity index (χ1n) is 11.8. The van der Waals surface area contributed by atoms with Gasteiger partial charge in [0.2, 0.25) is 0 Å². The zero-order valence-electron chi connectivity index (χ0n) is 19.5. The van der Waals surface area contributed by atoms with Crippen molar-refractivity contribution < 1.29 is 9.53 Å². The molecule has 0 radical (unpaired) electrons. The third-order valence-electron chi connectivity index (χ3n) is 5.85. The summed E-state index contributed by atoms with van der Waals surface area (Å²) in [5.41, 5.74) is 4.10. The fraction of sp³-hybridized carbons (Fsp3) is 0.286. The smallest absolute Gasteiger partial charge is 0.251 e. The van der Waals surface area contributed by atoms with Crippen LogP contribution >= 0.6 is 15.9 Å². The Labute approximate surface area is 209 Å². The van der Waals surface area contributed by atoms with Gasteiger partial charge >= 0.3 is 0 Å². The van der Waals surface area contributed by atoms with Crippen molar-refractivity contribution in [1.82, 2.24) is 14.9 Å². The maximum absolute atomic E-state index is 12.4. The highest BCUT2D eigenvalue weighted by atomic mass is 79.9. The Hall–Kier alpha value is -3.12. The first-order chi connectivity index (χ1) is 16.6. The number of carbonyl (C=O) groups is 1. The van der Waals surface area contributed by atoms with Gasteiger partial charge in [0, 0.05) is 29.5 Å². The minimum atomic E-state index is -0.0701. The molecule has 1 amide bonds. The molecule has 0 aliphatic rings. The fourth-order valence-electron chi connectivity index (χ4n) is 3.94. The van der Waals surface area contributed by atoms with Crippen LogP contribution in [0.2, 0.25) is 0 Å². The molecular weight excluding hydrogens is 490 g/mol. The van der Waals surface area contributed by atoms with Crippen LogP contribution in [0.1, 0.15) is 41.5 Å². The average molecular weight is 520 g/mol. The van der Waals surface area contributed by atoms with Crippen LogP contribution in [0.3, 0.4) is 0 Å². The molecular formula is C28H30BrN3O2. The summed E-state index contributed by atoms with van der Waals surface area (Å²) in [4.78, 5) is 17.3. The molecule has 34 heavy (non-hydrogen) atoms. The maximum Gasteiger partial charge on any atom is 0.251 e. The van der Waals surface area contributed by atoms with Gasteiger partial charge < -0.3 is 14.6 Å². The van der Waals surface area contributed by atoms with E-state index in [-0.39, 0.29) is 5.91 Å². The van der Waals surface area contributed by atoms with Gasteiger partial charge in [-0.1, -0.05) is 47.1 Å². The van der Waals surface area contributed by atoms with Crippen LogP contribution in [0.4, 0.5) is 0 Å². The number of nitrogens with zero attached hydrogens (tertiary/aromatic N) is 2. The zero-order valence-corrected chi connectivity index (χ0v) is 21.1. The van der Waals surface area contributed by atoms with Gasteiger partial charge in [0.1, 0.15) is 11.6 Å². The van der Waals surface area contributed by atoms with Crippen molar-refractivity contribution in [3.05, 3.63) is 94.2 Å². The molecule has 1 N–H and O–H groups in total. The van der Waals surface area contributed by atoms with Gasteiger partial charge in [-0.15, -0.1) is 0 Å². The Kier molecular flexibility index (Phi) is 8.36. The highest BCUT2D eigenvalue weighted by Gasteiger charge is 2.11. The molecule has 4 aromatic rings. The number of nitrogens with one attached hydrogen (secondary N) is 1. The average Bonchev–Trinajstić information content (AvgIpc) is 3.22. The first kappa shape index (κ1) is 24.0. The molecule has 0 aliphatic heterocycles. The van der Waals surface area contributed by atoms with Crippen LogP contribution in [0.5, 0.6) is 5.75 Å². The van der Waals surface area contributed by atoms with Crippen molar-refractivity contribution in [1.29, 1.82) is 0 Å². The van der Waals surface area contributed by atoms with E-state index in [1.54, 1.807) is 0 Å². The second-order valence-corrected chi connectivity index (χ2v) is 9.15. The molecule has 176 valence electrons. The molecule has 4 rings (SSSR count). The number of rotatable bonds is 11. The van der Waals surface area contributed by atoms with Crippen molar-refractivity contribution in [2.24, 2.45) is 0 Å². The van der Waals surface area contributed by atoms with Crippen LogP contribution in [0, 0.1) is 0 Å². The molecule has 0 spiro atoms. The zero-order chi connectivity index (χ0) is 23.8. The number of imidazole rings is 1. The summed E-state index contributed by atoms with van der Waals surface area (Å²) in [6.45, 7) is 4.25. The summed E-state index contributed by atoms with van der Waals surface area (Å²) < 4.78 is 9.14. The van der Waals surface area contributed by atoms with Gasteiger partial charge in [0.15, 0.2) is 0 Å². The number of para-hydroxylation sites is 2. The Bertz CT molecular complexity index is 1220. The molecule has 0 unspecified atom stereocenters. The minimum absolute atomic E-state index is 0.0701. The first-order valence-corrected chi connectivity index (χ1v) is 12.6. The monoisotopic (exact) mass is 519 g/mol. The molecule has 3 aromatic carbocycles. The number of hydrogen-bond donors (Lipinski definition) is 1. The Balaban J connectivity index is 1.31. The number of amides is 1. The Morgan fingerprint density at radius 2 is 1.76 bits per heavy atom. The van der Waals surface area contributed by atoms with E-state index in [4.69, 9.17) is 9.72 Å². The van der Waals surface area contributed by atoms with E-state index in [2.05, 4.69) is 50.9 Å². The van der Waals surface area contributed by atoms with E-state index in [1.165, 1.54) is 5.56 Å². The van der Waals surface area contributed by atoms with Crippen molar-refractivity contribution in [2.75, 3.05) is 13.2 Å². The van der Waals surface area contributed by atoms with Crippen LogP contribution < -0.4 is 10.1 Å². The molecule has 0 aliphatic carbocycles. The number of fused-ring (bicyclic) bond motifs is 1. The molecule has 0 saturated heterocycles. The Morgan fingerprint density at radius 1 is 1.00 bits per heavy atom. The number of unbranched alkanes of at least 4 members (excludes halogenated alkanes) is 1. The summed E-state index contributed by atoms with van der Waals surface area (Å²) in [6.07, 6.45) is 3.67. The lowest BCUT2D eigenvalue weighted by atomic mass is 10.2. The van der Waals surface area contributed by atoms with E-state index in [0.29, 0.717) is 25.1 Å². The molecule has 0 bridgehead atoms. The predicted octanol–water partition coefficient (Wildman–Crippen LogP) is 6.19. The normalized spacial score (nSPS) is 11.0. The van der Waals surface area contributed by atoms with Gasteiger partial charge in [-0.3, -0.25) is 4.79 Å². The molecule has 0 saturated carbocycles. The topological polar surface area (TPSA) is 56.1 Å². The van der Waals surface area contributed by atoms with E-state index in [9.17, 15) is 4.79 Å². The van der Waals surface area contributed by atoms with Gasteiger partial charge in [-0.2, -0.15) is 0 Å². The molecule has 1 aromatic heterocycles. The standard InChI is InChI=1S/C28H30BrN3O2/c1-2-21-9-15-24(16-10-21)34-20-6-5-19-32-26-8-4-3-7-25(26)31-27(32)17-18-30-28(33)22-11-13-23(29)14-12-22/h3-4,7-16H,2,5-6,17-20H2,1H3,(H,30,33). The van der Waals surface area contributed by atoms with Crippen LogP contribution in [-0.4, -0.2) is 28.6 Å². The van der Waals surface area contributed by atoms with Crippen LogP contribution in [0.15, 0.2) is 77.3 Å². The molecule has 6 heteroatoms. The third kappa shape index (κ3) is 6.26.